The molecular weight excluding hydrogens is 412 g/mol. The highest BCUT2D eigenvalue weighted by Crippen LogP contribution is 2.26. The first-order chi connectivity index (χ1) is 14.1. The first kappa shape index (κ1) is 22.9. The van der Waals surface area contributed by atoms with Gasteiger partial charge in [-0.15, -0.1) is 0 Å². The molecule has 2 unspecified atom stereocenters. The van der Waals surface area contributed by atoms with Gasteiger partial charge in [0.15, 0.2) is 0 Å². The number of anilines is 2. The van der Waals surface area contributed by atoms with E-state index in [1.54, 1.807) is 31.2 Å². The molecule has 0 aliphatic heterocycles. The summed E-state index contributed by atoms with van der Waals surface area (Å²) in [5.41, 5.74) is 16.7. The lowest BCUT2D eigenvalue weighted by Gasteiger charge is -2.24. The number of nitrogens with zero attached hydrogens (tertiary/aromatic N) is 3. The molecule has 1 aromatic carbocycles. The molecule has 0 spiro atoms. The first-order valence-corrected chi connectivity index (χ1v) is 9.90. The molecule has 1 amide bonds. The summed E-state index contributed by atoms with van der Waals surface area (Å²) in [7, 11) is 0. The molecule has 0 aliphatic rings. The molecule has 0 saturated heterocycles. The molecule has 1 aromatic heterocycles. The van der Waals surface area contributed by atoms with Gasteiger partial charge in [-0.2, -0.15) is 0 Å². The van der Waals surface area contributed by atoms with Crippen LogP contribution in [-0.4, -0.2) is 31.8 Å². The Labute approximate surface area is 175 Å². The summed E-state index contributed by atoms with van der Waals surface area (Å²) < 4.78 is 24.1. The van der Waals surface area contributed by atoms with Crippen LogP contribution in [0.15, 0.2) is 46.3 Å². The van der Waals surface area contributed by atoms with Gasteiger partial charge in [-0.1, -0.05) is 12.1 Å². The van der Waals surface area contributed by atoms with Gasteiger partial charge < -0.3 is 22.0 Å². The fourth-order valence-electron chi connectivity index (χ4n) is 2.93. The van der Waals surface area contributed by atoms with Gasteiger partial charge >= 0.3 is 0 Å². The predicted octanol–water partition coefficient (Wildman–Crippen LogP) is 0.361. The predicted molar refractivity (Wildman–Crippen MR) is 114 cm³/mol. The van der Waals surface area contributed by atoms with E-state index in [1.165, 1.54) is 6.07 Å². The van der Waals surface area contributed by atoms with Crippen LogP contribution in [0, 0.1) is 13.8 Å². The van der Waals surface area contributed by atoms with Gasteiger partial charge in [-0.3, -0.25) is 18.7 Å². The molecule has 2 aromatic rings. The summed E-state index contributed by atoms with van der Waals surface area (Å²) >= 11 is -2.54. The van der Waals surface area contributed by atoms with Crippen LogP contribution in [0.3, 0.4) is 0 Å². The van der Waals surface area contributed by atoms with Crippen molar-refractivity contribution in [3.63, 3.8) is 0 Å². The SMILES string of the molecule is Cc1cccc(N(c2ccc(C)n(C(CCON=C(N)N)C(N)=O)c2=O)S(=O)O)c1. The summed E-state index contributed by atoms with van der Waals surface area (Å²) in [6, 6.07) is 8.65. The second-order valence-corrected chi connectivity index (χ2v) is 7.28. The molecule has 2 rings (SSSR count). The number of primary amides is 1. The molecule has 0 aliphatic carbocycles. The van der Waals surface area contributed by atoms with Crippen molar-refractivity contribution in [1.29, 1.82) is 0 Å². The van der Waals surface area contributed by atoms with E-state index in [0.717, 1.165) is 14.4 Å². The maximum atomic E-state index is 13.2. The van der Waals surface area contributed by atoms with E-state index in [1.807, 2.05) is 13.0 Å². The van der Waals surface area contributed by atoms with E-state index in [-0.39, 0.29) is 24.7 Å². The molecule has 0 radical (unpaired) electrons. The average Bonchev–Trinajstić information content (AvgIpc) is 2.65. The van der Waals surface area contributed by atoms with Gasteiger partial charge in [-0.05, 0) is 48.8 Å². The Morgan fingerprint density at radius 1 is 1.27 bits per heavy atom. The Hall–Kier alpha value is -3.38. The molecule has 2 atom stereocenters. The molecule has 0 bridgehead atoms. The van der Waals surface area contributed by atoms with E-state index in [0.29, 0.717) is 11.4 Å². The monoisotopic (exact) mass is 436 g/mol. The number of aryl methyl sites for hydroxylation is 2. The summed E-state index contributed by atoms with van der Waals surface area (Å²) in [5.74, 6) is -1.07. The number of pyridine rings is 1. The third-order valence-electron chi connectivity index (χ3n) is 4.20. The molecule has 7 N–H and O–H groups in total. The Morgan fingerprint density at radius 3 is 2.53 bits per heavy atom. The summed E-state index contributed by atoms with van der Waals surface area (Å²) in [4.78, 5) is 30.2. The number of benzene rings is 1. The summed E-state index contributed by atoms with van der Waals surface area (Å²) in [5, 5.41) is 3.36. The highest BCUT2D eigenvalue weighted by atomic mass is 32.2. The van der Waals surface area contributed by atoms with Crippen molar-refractivity contribution in [3.05, 3.63) is 58.0 Å². The normalized spacial score (nSPS) is 12.6. The first-order valence-electron chi connectivity index (χ1n) is 8.83. The standard InChI is InChI=1S/C18H24N6O5S/c1-11-4-3-5-13(10-11)24(30(27)28)15-7-6-12(2)23(17(15)26)14(16(19)25)8-9-29-22-18(20)21/h3-7,10,14H,8-9H2,1-2H3,(H2,19,25)(H,27,28)(H4,20,21,22). The number of amides is 1. The fraction of sp³-hybridized carbons (Fsp3) is 0.278. The fourth-order valence-corrected chi connectivity index (χ4v) is 3.53. The molecule has 162 valence electrons. The van der Waals surface area contributed by atoms with E-state index in [2.05, 4.69) is 5.16 Å². The van der Waals surface area contributed by atoms with Crippen molar-refractivity contribution < 1.29 is 18.4 Å². The zero-order chi connectivity index (χ0) is 22.4. The maximum absolute atomic E-state index is 13.2. The van der Waals surface area contributed by atoms with Crippen LogP contribution in [0.2, 0.25) is 0 Å². The van der Waals surface area contributed by atoms with Gasteiger partial charge in [0, 0.05) is 12.1 Å². The van der Waals surface area contributed by atoms with Crippen LogP contribution < -0.4 is 27.1 Å². The highest BCUT2D eigenvalue weighted by Gasteiger charge is 2.26. The van der Waals surface area contributed by atoms with Crippen molar-refractivity contribution in [2.24, 2.45) is 22.4 Å². The molecule has 0 saturated carbocycles. The average molecular weight is 436 g/mol. The van der Waals surface area contributed by atoms with Crippen LogP contribution in [-0.2, 0) is 20.9 Å². The summed E-state index contributed by atoms with van der Waals surface area (Å²) in [6.45, 7) is 3.34. The minimum Gasteiger partial charge on any atom is -0.393 e. The molecule has 1 heterocycles. The number of guanidine groups is 1. The van der Waals surface area contributed by atoms with E-state index >= 15 is 0 Å². The van der Waals surface area contributed by atoms with Crippen LogP contribution >= 0.6 is 0 Å². The zero-order valence-electron chi connectivity index (χ0n) is 16.5. The van der Waals surface area contributed by atoms with Crippen molar-refractivity contribution in [1.82, 2.24) is 4.57 Å². The van der Waals surface area contributed by atoms with Crippen molar-refractivity contribution in [3.8, 4) is 0 Å². The van der Waals surface area contributed by atoms with Gasteiger partial charge in [0.2, 0.25) is 11.9 Å². The minimum atomic E-state index is -2.54. The second-order valence-electron chi connectivity index (χ2n) is 6.46. The number of nitrogens with two attached hydrogens (primary N) is 3. The Morgan fingerprint density at radius 2 is 1.97 bits per heavy atom. The third-order valence-corrected chi connectivity index (χ3v) is 4.92. The number of hydrogen-bond acceptors (Lipinski definition) is 5. The molecule has 11 nitrogen and oxygen atoms in total. The Kier molecular flexibility index (Phi) is 7.55. The number of oxime groups is 1. The maximum Gasteiger partial charge on any atom is 0.276 e. The van der Waals surface area contributed by atoms with Gasteiger partial charge in [-0.25, -0.2) is 8.51 Å². The summed E-state index contributed by atoms with van der Waals surface area (Å²) in [6.07, 6.45) is 0.00295. The smallest absolute Gasteiger partial charge is 0.276 e. The third kappa shape index (κ3) is 5.36. The van der Waals surface area contributed by atoms with Gasteiger partial charge in [0.05, 0.1) is 5.69 Å². The molecule has 30 heavy (non-hydrogen) atoms. The number of carbonyl (C=O) groups is 1. The lowest BCUT2D eigenvalue weighted by molar-refractivity contribution is -0.121. The number of carbonyl (C=O) groups excluding carboxylic acids is 1. The number of aromatic nitrogens is 1. The van der Waals surface area contributed by atoms with Crippen molar-refractivity contribution in [2.45, 2.75) is 26.3 Å². The minimum absolute atomic E-state index is 0.00295. The highest BCUT2D eigenvalue weighted by molar-refractivity contribution is 7.81. The van der Waals surface area contributed by atoms with E-state index in [9.17, 15) is 18.4 Å². The van der Waals surface area contributed by atoms with E-state index in [4.69, 9.17) is 22.0 Å². The Balaban J connectivity index is 2.53. The van der Waals surface area contributed by atoms with Crippen LogP contribution in [0.4, 0.5) is 11.4 Å². The van der Waals surface area contributed by atoms with Gasteiger partial charge in [0.1, 0.15) is 18.3 Å². The van der Waals surface area contributed by atoms with Gasteiger partial charge in [0.25, 0.3) is 16.8 Å². The van der Waals surface area contributed by atoms with Crippen LogP contribution in [0.25, 0.3) is 0 Å². The molecule has 0 fully saturated rings. The molecule has 12 heteroatoms. The number of hydrogen-bond donors (Lipinski definition) is 4. The lowest BCUT2D eigenvalue weighted by atomic mass is 10.1. The van der Waals surface area contributed by atoms with Crippen LogP contribution in [0.1, 0.15) is 23.7 Å². The number of rotatable bonds is 9. The largest absolute Gasteiger partial charge is 0.393 e. The zero-order valence-corrected chi connectivity index (χ0v) is 17.3. The Bertz CT molecular complexity index is 1030. The van der Waals surface area contributed by atoms with E-state index < -0.39 is 28.8 Å². The van der Waals surface area contributed by atoms with Crippen molar-refractivity contribution >= 4 is 34.5 Å². The van der Waals surface area contributed by atoms with Crippen LogP contribution in [0.5, 0.6) is 0 Å². The van der Waals surface area contributed by atoms with Crippen molar-refractivity contribution in [2.75, 3.05) is 10.9 Å². The topological polar surface area (TPSA) is 179 Å². The molecular formula is C18H24N6O5S. The second kappa shape index (κ2) is 9.89. The quantitative estimate of drug-likeness (QED) is 0.144. The lowest BCUT2D eigenvalue weighted by Crippen LogP contribution is -2.38.